The fourth-order valence-electron chi connectivity index (χ4n) is 1.09. The standard InChI is InChI=1S/C9H7ClN2O6/c1-2-8(13)18-9-6(10)3-5(11(14)15)4-7(9)12(16)17/h3-4H,2H2,1H3. The summed E-state index contributed by atoms with van der Waals surface area (Å²) in [6.07, 6.45) is -0.00945. The molecule has 9 heteroatoms. The SMILES string of the molecule is CCC(=O)Oc1c(Cl)cc([N+](=O)[O-])cc1[N+](=O)[O-]. The first kappa shape index (κ1) is 13.8. The van der Waals surface area contributed by atoms with Crippen LogP contribution in [-0.4, -0.2) is 15.8 Å². The molecule has 0 saturated carbocycles. The predicted octanol–water partition coefficient (Wildman–Crippen LogP) is 2.47. The van der Waals surface area contributed by atoms with Crippen molar-refractivity contribution in [2.45, 2.75) is 13.3 Å². The Hall–Kier alpha value is -2.22. The average Bonchev–Trinajstić information content (AvgIpc) is 2.30. The van der Waals surface area contributed by atoms with Crippen molar-refractivity contribution in [2.75, 3.05) is 0 Å². The summed E-state index contributed by atoms with van der Waals surface area (Å²) in [7, 11) is 0. The summed E-state index contributed by atoms with van der Waals surface area (Å²) in [5, 5.41) is 20.9. The van der Waals surface area contributed by atoms with Gasteiger partial charge in [0.05, 0.1) is 20.9 Å². The van der Waals surface area contributed by atoms with E-state index in [1.54, 1.807) is 0 Å². The number of hydrogen-bond donors (Lipinski definition) is 0. The lowest BCUT2D eigenvalue weighted by Crippen LogP contribution is -2.08. The summed E-state index contributed by atoms with van der Waals surface area (Å²) in [6.45, 7) is 1.49. The van der Waals surface area contributed by atoms with Crippen molar-refractivity contribution in [2.24, 2.45) is 0 Å². The van der Waals surface area contributed by atoms with Gasteiger partial charge >= 0.3 is 11.7 Å². The number of hydrogen-bond acceptors (Lipinski definition) is 6. The highest BCUT2D eigenvalue weighted by Crippen LogP contribution is 2.38. The molecule has 1 aromatic carbocycles. The van der Waals surface area contributed by atoms with E-state index in [4.69, 9.17) is 11.6 Å². The largest absolute Gasteiger partial charge is 0.417 e. The van der Waals surface area contributed by atoms with Crippen LogP contribution in [0.4, 0.5) is 11.4 Å². The minimum atomic E-state index is -0.906. The maximum absolute atomic E-state index is 11.1. The summed E-state index contributed by atoms with van der Waals surface area (Å²) in [6, 6.07) is 1.57. The van der Waals surface area contributed by atoms with Gasteiger partial charge in [0.15, 0.2) is 0 Å². The maximum Gasteiger partial charge on any atom is 0.320 e. The van der Waals surface area contributed by atoms with Crippen LogP contribution in [0.15, 0.2) is 12.1 Å². The molecule has 8 nitrogen and oxygen atoms in total. The molecule has 0 spiro atoms. The van der Waals surface area contributed by atoms with E-state index >= 15 is 0 Å². The van der Waals surface area contributed by atoms with Gasteiger partial charge < -0.3 is 4.74 Å². The predicted molar refractivity (Wildman–Crippen MR) is 60.7 cm³/mol. The molecule has 0 saturated heterocycles. The summed E-state index contributed by atoms with van der Waals surface area (Å²) >= 11 is 5.64. The van der Waals surface area contributed by atoms with E-state index in [0.29, 0.717) is 6.07 Å². The van der Waals surface area contributed by atoms with Gasteiger partial charge in [0, 0.05) is 12.5 Å². The van der Waals surface area contributed by atoms with Gasteiger partial charge in [-0.2, -0.15) is 0 Å². The van der Waals surface area contributed by atoms with Gasteiger partial charge in [-0.3, -0.25) is 25.0 Å². The fourth-order valence-corrected chi connectivity index (χ4v) is 1.34. The van der Waals surface area contributed by atoms with Crippen LogP contribution in [-0.2, 0) is 4.79 Å². The van der Waals surface area contributed by atoms with Crippen molar-refractivity contribution in [3.05, 3.63) is 37.4 Å². The van der Waals surface area contributed by atoms with Gasteiger partial charge in [-0.15, -0.1) is 0 Å². The van der Waals surface area contributed by atoms with Crippen LogP contribution in [0.25, 0.3) is 0 Å². The second-order valence-corrected chi connectivity index (χ2v) is 3.52. The zero-order valence-corrected chi connectivity index (χ0v) is 9.84. The molecule has 96 valence electrons. The van der Waals surface area contributed by atoms with Crippen molar-refractivity contribution in [1.82, 2.24) is 0 Å². The number of carbonyl (C=O) groups excluding carboxylic acids is 1. The Bertz CT molecular complexity index is 530. The quantitative estimate of drug-likeness (QED) is 0.361. The smallest absolute Gasteiger partial charge is 0.320 e. The molecular formula is C9H7ClN2O6. The molecule has 1 rings (SSSR count). The average molecular weight is 275 g/mol. The van der Waals surface area contributed by atoms with Crippen LogP contribution in [0.1, 0.15) is 13.3 Å². The first-order chi connectivity index (χ1) is 8.36. The lowest BCUT2D eigenvalue weighted by molar-refractivity contribution is -0.394. The zero-order valence-electron chi connectivity index (χ0n) is 9.08. The third kappa shape index (κ3) is 2.92. The molecule has 0 atom stereocenters. The molecule has 0 aliphatic carbocycles. The van der Waals surface area contributed by atoms with E-state index in [2.05, 4.69) is 4.74 Å². The Kier molecular flexibility index (Phi) is 4.16. The molecule has 18 heavy (non-hydrogen) atoms. The first-order valence-corrected chi connectivity index (χ1v) is 5.07. The Morgan fingerprint density at radius 2 is 1.94 bits per heavy atom. The van der Waals surface area contributed by atoms with Crippen LogP contribution < -0.4 is 4.74 Å². The topological polar surface area (TPSA) is 113 Å². The van der Waals surface area contributed by atoms with E-state index in [9.17, 15) is 25.0 Å². The van der Waals surface area contributed by atoms with Gasteiger partial charge in [0.1, 0.15) is 0 Å². The summed E-state index contributed by atoms with van der Waals surface area (Å²) in [5.41, 5.74) is -1.28. The highest BCUT2D eigenvalue weighted by molar-refractivity contribution is 6.32. The Balaban J connectivity index is 3.36. The number of nitro groups is 2. The second-order valence-electron chi connectivity index (χ2n) is 3.12. The number of ether oxygens (including phenoxy) is 1. The third-order valence-corrected chi connectivity index (χ3v) is 2.20. The van der Waals surface area contributed by atoms with Gasteiger partial charge in [0.25, 0.3) is 5.69 Å². The van der Waals surface area contributed by atoms with E-state index in [1.807, 2.05) is 0 Å². The van der Waals surface area contributed by atoms with Crippen LogP contribution in [0, 0.1) is 20.2 Å². The van der Waals surface area contributed by atoms with Crippen molar-refractivity contribution >= 4 is 28.9 Å². The van der Waals surface area contributed by atoms with Crippen LogP contribution in [0.2, 0.25) is 5.02 Å². The minimum absolute atomic E-state index is 0.00945. The first-order valence-electron chi connectivity index (χ1n) is 4.69. The van der Waals surface area contributed by atoms with Crippen molar-refractivity contribution < 1.29 is 19.4 Å². The highest BCUT2D eigenvalue weighted by Gasteiger charge is 2.26. The molecule has 1 aromatic rings. The molecule has 0 amide bonds. The monoisotopic (exact) mass is 274 g/mol. The number of carbonyl (C=O) groups is 1. The van der Waals surface area contributed by atoms with Crippen LogP contribution >= 0.6 is 11.6 Å². The lowest BCUT2D eigenvalue weighted by Gasteiger charge is -2.05. The van der Waals surface area contributed by atoms with E-state index in [0.717, 1.165) is 6.07 Å². The summed E-state index contributed by atoms with van der Waals surface area (Å²) in [5.74, 6) is -1.21. The molecular weight excluding hydrogens is 268 g/mol. The lowest BCUT2D eigenvalue weighted by atomic mass is 10.2. The molecule has 0 unspecified atom stereocenters. The number of benzene rings is 1. The van der Waals surface area contributed by atoms with Crippen molar-refractivity contribution in [3.63, 3.8) is 0 Å². The number of esters is 1. The number of nitrogens with zero attached hydrogens (tertiary/aromatic N) is 2. The molecule has 0 radical (unpaired) electrons. The van der Waals surface area contributed by atoms with Crippen molar-refractivity contribution in [3.8, 4) is 5.75 Å². The summed E-state index contributed by atoms with van der Waals surface area (Å²) < 4.78 is 4.69. The number of non-ortho nitro benzene ring substituents is 1. The Morgan fingerprint density at radius 1 is 1.33 bits per heavy atom. The van der Waals surface area contributed by atoms with E-state index < -0.39 is 32.9 Å². The number of nitro benzene ring substituents is 2. The normalized spacial score (nSPS) is 9.89. The Labute approximate surface area is 105 Å². The fraction of sp³-hybridized carbons (Fsp3) is 0.222. The maximum atomic E-state index is 11.1. The van der Waals surface area contributed by atoms with Gasteiger partial charge in [-0.05, 0) is 0 Å². The second kappa shape index (κ2) is 5.41. The number of halogens is 1. The summed E-state index contributed by atoms with van der Waals surface area (Å²) in [4.78, 5) is 30.6. The zero-order chi connectivity index (χ0) is 13.9. The molecule has 0 N–H and O–H groups in total. The van der Waals surface area contributed by atoms with Gasteiger partial charge in [-0.1, -0.05) is 18.5 Å². The Morgan fingerprint density at radius 3 is 2.39 bits per heavy atom. The molecule has 0 aliphatic rings. The van der Waals surface area contributed by atoms with E-state index in [-0.39, 0.29) is 11.4 Å². The van der Waals surface area contributed by atoms with Crippen LogP contribution in [0.3, 0.4) is 0 Å². The van der Waals surface area contributed by atoms with Gasteiger partial charge in [-0.25, -0.2) is 0 Å². The van der Waals surface area contributed by atoms with Crippen molar-refractivity contribution in [1.29, 1.82) is 0 Å². The highest BCUT2D eigenvalue weighted by atomic mass is 35.5. The minimum Gasteiger partial charge on any atom is -0.417 e. The molecule has 0 aromatic heterocycles. The van der Waals surface area contributed by atoms with E-state index in [1.165, 1.54) is 6.92 Å². The molecule has 0 aliphatic heterocycles. The molecule has 0 fully saturated rings. The van der Waals surface area contributed by atoms with Gasteiger partial charge in [0.2, 0.25) is 5.75 Å². The third-order valence-electron chi connectivity index (χ3n) is 1.92. The molecule has 0 heterocycles. The van der Waals surface area contributed by atoms with Crippen LogP contribution in [0.5, 0.6) is 5.75 Å². The molecule has 0 bridgehead atoms. The number of rotatable bonds is 4.